The zero-order valence-corrected chi connectivity index (χ0v) is 16.1. The van der Waals surface area contributed by atoms with Gasteiger partial charge in [0.1, 0.15) is 0 Å². The summed E-state index contributed by atoms with van der Waals surface area (Å²) in [6, 6.07) is 5.12. The Hall–Kier alpha value is -1.53. The van der Waals surface area contributed by atoms with E-state index in [-0.39, 0.29) is 11.5 Å². The van der Waals surface area contributed by atoms with Crippen molar-refractivity contribution in [3.05, 3.63) is 33.6 Å². The molecule has 0 N–H and O–H groups in total. The normalized spacial score (nSPS) is 14.6. The molecule has 3 rings (SSSR count). The van der Waals surface area contributed by atoms with Crippen LogP contribution in [-0.2, 0) is 11.3 Å². The Balaban J connectivity index is 1.93. The van der Waals surface area contributed by atoms with E-state index in [0.29, 0.717) is 39.3 Å². The first kappa shape index (κ1) is 18.3. The minimum absolute atomic E-state index is 0.0773. The molecule has 1 fully saturated rings. The number of amides is 1. The lowest BCUT2D eigenvalue weighted by molar-refractivity contribution is -0.127. The van der Waals surface area contributed by atoms with Crippen LogP contribution in [0.15, 0.2) is 28.2 Å². The molecule has 1 aromatic heterocycles. The Kier molecular flexibility index (Phi) is 5.69. The molecule has 0 bridgehead atoms. The first-order valence-corrected chi connectivity index (χ1v) is 9.92. The number of aromatic nitrogens is 2. The van der Waals surface area contributed by atoms with Crippen molar-refractivity contribution in [2.24, 2.45) is 5.92 Å². The van der Waals surface area contributed by atoms with Crippen molar-refractivity contribution in [3.63, 3.8) is 0 Å². The molecule has 0 saturated carbocycles. The zero-order valence-electron chi connectivity index (χ0n) is 14.5. The Morgan fingerprint density at radius 2 is 2.04 bits per heavy atom. The predicted molar refractivity (Wildman–Crippen MR) is 102 cm³/mol. The molecular weight excluding hydrogens is 358 g/mol. The topological polar surface area (TPSA) is 55.2 Å². The summed E-state index contributed by atoms with van der Waals surface area (Å²) in [6.07, 6.45) is 2.14. The number of carbonyl (C=O) groups is 1. The van der Waals surface area contributed by atoms with Crippen LogP contribution in [0.25, 0.3) is 10.9 Å². The van der Waals surface area contributed by atoms with Gasteiger partial charge in [0.25, 0.3) is 5.56 Å². The molecule has 1 aliphatic rings. The second-order valence-electron chi connectivity index (χ2n) is 6.74. The van der Waals surface area contributed by atoms with E-state index in [1.165, 1.54) is 11.8 Å². The van der Waals surface area contributed by atoms with Crippen molar-refractivity contribution in [1.29, 1.82) is 0 Å². The van der Waals surface area contributed by atoms with Gasteiger partial charge in [0.05, 0.1) is 16.7 Å². The Bertz CT molecular complexity index is 844. The lowest BCUT2D eigenvalue weighted by Gasteiger charge is -2.17. The maximum absolute atomic E-state index is 12.9. The van der Waals surface area contributed by atoms with Crippen molar-refractivity contribution >= 4 is 40.2 Å². The summed E-state index contributed by atoms with van der Waals surface area (Å²) in [5.74, 6) is 0.716. The minimum atomic E-state index is -0.0773. The molecule has 0 spiro atoms. The van der Waals surface area contributed by atoms with Gasteiger partial charge >= 0.3 is 0 Å². The van der Waals surface area contributed by atoms with Crippen LogP contribution in [0.4, 0.5) is 0 Å². The minimum Gasteiger partial charge on any atom is -0.342 e. The summed E-state index contributed by atoms with van der Waals surface area (Å²) >= 11 is 7.38. The van der Waals surface area contributed by atoms with Gasteiger partial charge in [-0.2, -0.15) is 0 Å². The quantitative estimate of drug-likeness (QED) is 0.590. The maximum Gasteiger partial charge on any atom is 0.262 e. The first-order chi connectivity index (χ1) is 12.0. The fraction of sp³-hybridized carbons (Fsp3) is 0.500. The standard InChI is InChI=1S/C18H22ClN3O2S/c1-12(2)10-22-17(24)14-6-5-13(19)9-15(14)20-18(22)25-11-16(23)21-7-3-4-8-21/h5-6,9,12H,3-4,7-8,10-11H2,1-2H3. The third-order valence-corrected chi connectivity index (χ3v) is 5.41. The predicted octanol–water partition coefficient (Wildman–Crippen LogP) is 3.42. The van der Waals surface area contributed by atoms with Gasteiger partial charge in [-0.05, 0) is 37.0 Å². The van der Waals surface area contributed by atoms with E-state index in [2.05, 4.69) is 18.8 Å². The van der Waals surface area contributed by atoms with Gasteiger partial charge in [0.15, 0.2) is 5.16 Å². The van der Waals surface area contributed by atoms with Crippen LogP contribution in [0, 0.1) is 5.92 Å². The van der Waals surface area contributed by atoms with Crippen LogP contribution in [0.5, 0.6) is 0 Å². The maximum atomic E-state index is 12.9. The van der Waals surface area contributed by atoms with Gasteiger partial charge in [-0.15, -0.1) is 0 Å². The lowest BCUT2D eigenvalue weighted by atomic mass is 10.2. The summed E-state index contributed by atoms with van der Waals surface area (Å²) in [5, 5.41) is 1.69. The average molecular weight is 380 g/mol. The largest absolute Gasteiger partial charge is 0.342 e. The van der Waals surface area contributed by atoms with E-state index in [9.17, 15) is 9.59 Å². The van der Waals surface area contributed by atoms with E-state index >= 15 is 0 Å². The van der Waals surface area contributed by atoms with Crippen molar-refractivity contribution in [2.75, 3.05) is 18.8 Å². The number of likely N-dealkylation sites (tertiary alicyclic amines) is 1. The van der Waals surface area contributed by atoms with Crippen molar-refractivity contribution in [2.45, 2.75) is 38.4 Å². The van der Waals surface area contributed by atoms with Crippen LogP contribution >= 0.6 is 23.4 Å². The fourth-order valence-electron chi connectivity index (χ4n) is 2.99. The smallest absolute Gasteiger partial charge is 0.262 e. The van der Waals surface area contributed by atoms with E-state index in [4.69, 9.17) is 11.6 Å². The number of hydrogen-bond donors (Lipinski definition) is 0. The van der Waals surface area contributed by atoms with Crippen molar-refractivity contribution in [1.82, 2.24) is 14.5 Å². The number of hydrogen-bond acceptors (Lipinski definition) is 4. The fourth-order valence-corrected chi connectivity index (χ4v) is 4.07. The van der Waals surface area contributed by atoms with Gasteiger partial charge in [-0.1, -0.05) is 37.2 Å². The molecule has 134 valence electrons. The summed E-state index contributed by atoms with van der Waals surface area (Å²) in [7, 11) is 0. The number of fused-ring (bicyclic) bond motifs is 1. The molecule has 25 heavy (non-hydrogen) atoms. The third kappa shape index (κ3) is 4.18. The van der Waals surface area contributed by atoms with Crippen LogP contribution in [0.3, 0.4) is 0 Å². The molecule has 1 aromatic carbocycles. The number of benzene rings is 1. The molecule has 1 aliphatic heterocycles. The molecule has 5 nitrogen and oxygen atoms in total. The summed E-state index contributed by atoms with van der Waals surface area (Å²) in [4.78, 5) is 31.7. The highest BCUT2D eigenvalue weighted by molar-refractivity contribution is 7.99. The molecule has 7 heteroatoms. The molecule has 0 unspecified atom stereocenters. The lowest BCUT2D eigenvalue weighted by Crippen LogP contribution is -2.30. The van der Waals surface area contributed by atoms with Crippen molar-refractivity contribution in [3.8, 4) is 0 Å². The molecule has 0 atom stereocenters. The number of thioether (sulfide) groups is 1. The number of carbonyl (C=O) groups excluding carboxylic acids is 1. The van der Waals surface area contributed by atoms with E-state index < -0.39 is 0 Å². The third-order valence-electron chi connectivity index (χ3n) is 4.21. The van der Waals surface area contributed by atoms with E-state index in [1.54, 1.807) is 22.8 Å². The molecule has 2 aromatic rings. The average Bonchev–Trinajstić information content (AvgIpc) is 3.09. The molecule has 1 amide bonds. The Labute approximate surface area is 156 Å². The molecular formula is C18H22ClN3O2S. The summed E-state index contributed by atoms with van der Waals surface area (Å²) in [6.45, 7) is 6.35. The van der Waals surface area contributed by atoms with Gasteiger partial charge in [0, 0.05) is 24.7 Å². The van der Waals surface area contributed by atoms with Gasteiger partial charge < -0.3 is 4.90 Å². The Morgan fingerprint density at radius 1 is 1.32 bits per heavy atom. The van der Waals surface area contributed by atoms with Crippen LogP contribution in [-0.4, -0.2) is 39.2 Å². The highest BCUT2D eigenvalue weighted by Crippen LogP contribution is 2.22. The number of nitrogens with zero attached hydrogens (tertiary/aromatic N) is 3. The SMILES string of the molecule is CC(C)Cn1c(SCC(=O)N2CCCC2)nc2cc(Cl)ccc2c1=O. The highest BCUT2D eigenvalue weighted by Gasteiger charge is 2.20. The van der Waals surface area contributed by atoms with Crippen LogP contribution < -0.4 is 5.56 Å². The number of rotatable bonds is 5. The number of halogens is 1. The highest BCUT2D eigenvalue weighted by atomic mass is 35.5. The van der Waals surface area contributed by atoms with Crippen molar-refractivity contribution < 1.29 is 4.79 Å². The second kappa shape index (κ2) is 7.79. The van der Waals surface area contributed by atoms with Gasteiger partial charge in [-0.3, -0.25) is 14.2 Å². The van der Waals surface area contributed by atoms with E-state index in [0.717, 1.165) is 25.9 Å². The van der Waals surface area contributed by atoms with Gasteiger partial charge in [0.2, 0.25) is 5.91 Å². The van der Waals surface area contributed by atoms with E-state index in [1.807, 2.05) is 4.90 Å². The molecule has 2 heterocycles. The summed E-state index contributed by atoms with van der Waals surface area (Å²) < 4.78 is 1.68. The van der Waals surface area contributed by atoms with Crippen LogP contribution in [0.1, 0.15) is 26.7 Å². The Morgan fingerprint density at radius 3 is 2.72 bits per heavy atom. The monoisotopic (exact) mass is 379 g/mol. The summed E-state index contributed by atoms with van der Waals surface area (Å²) in [5.41, 5.74) is 0.500. The molecule has 0 radical (unpaired) electrons. The zero-order chi connectivity index (χ0) is 18.0. The molecule has 1 saturated heterocycles. The van der Waals surface area contributed by atoms with Gasteiger partial charge in [-0.25, -0.2) is 4.98 Å². The second-order valence-corrected chi connectivity index (χ2v) is 8.12. The first-order valence-electron chi connectivity index (χ1n) is 8.56. The van der Waals surface area contributed by atoms with Crippen LogP contribution in [0.2, 0.25) is 5.02 Å². The molecule has 0 aliphatic carbocycles.